The van der Waals surface area contributed by atoms with Crippen LogP contribution in [-0.4, -0.2) is 17.3 Å². The molecular weight excluding hydrogens is 200 g/mol. The molecule has 3 heteroatoms. The van der Waals surface area contributed by atoms with E-state index in [0.717, 1.165) is 26.0 Å². The first-order chi connectivity index (χ1) is 7.79. The zero-order valence-electron chi connectivity index (χ0n) is 10.1. The Morgan fingerprint density at radius 2 is 2.50 bits per heavy atom. The van der Waals surface area contributed by atoms with Gasteiger partial charge in [-0.2, -0.15) is 0 Å². The summed E-state index contributed by atoms with van der Waals surface area (Å²) in [5.41, 5.74) is 7.33. The van der Waals surface area contributed by atoms with Crippen LogP contribution in [0.2, 0.25) is 0 Å². The van der Waals surface area contributed by atoms with E-state index in [-0.39, 0.29) is 6.04 Å². The van der Waals surface area contributed by atoms with Crippen molar-refractivity contribution in [2.75, 3.05) is 6.61 Å². The molecule has 1 aromatic rings. The summed E-state index contributed by atoms with van der Waals surface area (Å²) >= 11 is 0. The fourth-order valence-corrected chi connectivity index (χ4v) is 2.29. The molecule has 0 spiro atoms. The molecule has 0 saturated carbocycles. The van der Waals surface area contributed by atoms with Gasteiger partial charge in [-0.15, -0.1) is 0 Å². The highest BCUT2D eigenvalue weighted by Crippen LogP contribution is 2.18. The van der Waals surface area contributed by atoms with E-state index in [2.05, 4.69) is 30.0 Å². The van der Waals surface area contributed by atoms with E-state index in [9.17, 15) is 0 Å². The predicted octanol–water partition coefficient (Wildman–Crippen LogP) is 2.47. The molecule has 0 radical (unpaired) electrons. The fourth-order valence-electron chi connectivity index (χ4n) is 2.29. The Morgan fingerprint density at radius 1 is 1.62 bits per heavy atom. The normalized spacial score (nSPS) is 22.5. The Kier molecular flexibility index (Phi) is 4.02. The maximum absolute atomic E-state index is 6.08. The maximum atomic E-state index is 6.08. The number of hydrogen-bond acceptors (Lipinski definition) is 2. The topological polar surface area (TPSA) is 40.2 Å². The first kappa shape index (κ1) is 11.7. The van der Waals surface area contributed by atoms with Gasteiger partial charge in [0.15, 0.2) is 0 Å². The molecule has 90 valence electrons. The Balaban J connectivity index is 1.90. The van der Waals surface area contributed by atoms with Crippen molar-refractivity contribution >= 4 is 0 Å². The molecule has 0 aromatic carbocycles. The van der Waals surface area contributed by atoms with Crippen molar-refractivity contribution in [2.24, 2.45) is 5.73 Å². The number of hydrogen-bond donors (Lipinski definition) is 1. The van der Waals surface area contributed by atoms with Crippen molar-refractivity contribution < 1.29 is 4.74 Å². The van der Waals surface area contributed by atoms with Crippen LogP contribution in [0.15, 0.2) is 18.5 Å². The summed E-state index contributed by atoms with van der Waals surface area (Å²) < 4.78 is 7.83. The molecule has 1 aliphatic heterocycles. The SMILES string of the molecule is CCCC(N)c1ccn(CC2CCCO2)c1. The second-order valence-corrected chi connectivity index (χ2v) is 4.67. The van der Waals surface area contributed by atoms with Crippen molar-refractivity contribution in [3.8, 4) is 0 Å². The third-order valence-corrected chi connectivity index (χ3v) is 3.24. The lowest BCUT2D eigenvalue weighted by Crippen LogP contribution is -2.14. The minimum absolute atomic E-state index is 0.191. The molecular formula is C13H22N2O. The van der Waals surface area contributed by atoms with Crippen molar-refractivity contribution in [3.05, 3.63) is 24.0 Å². The minimum Gasteiger partial charge on any atom is -0.376 e. The third-order valence-electron chi connectivity index (χ3n) is 3.24. The van der Waals surface area contributed by atoms with Crippen LogP contribution >= 0.6 is 0 Å². The molecule has 2 unspecified atom stereocenters. The Hall–Kier alpha value is -0.800. The molecule has 2 N–H and O–H groups in total. The largest absolute Gasteiger partial charge is 0.376 e. The van der Waals surface area contributed by atoms with E-state index < -0.39 is 0 Å². The quantitative estimate of drug-likeness (QED) is 0.831. The monoisotopic (exact) mass is 222 g/mol. The third kappa shape index (κ3) is 2.86. The molecule has 1 aromatic heterocycles. The molecule has 2 heterocycles. The molecule has 1 saturated heterocycles. The molecule has 0 bridgehead atoms. The van der Waals surface area contributed by atoms with Crippen LogP contribution in [0.25, 0.3) is 0 Å². The number of nitrogens with two attached hydrogens (primary N) is 1. The van der Waals surface area contributed by atoms with Gasteiger partial charge in [-0.1, -0.05) is 13.3 Å². The number of rotatable bonds is 5. The van der Waals surface area contributed by atoms with Gasteiger partial charge in [0, 0.05) is 31.6 Å². The van der Waals surface area contributed by atoms with Gasteiger partial charge in [0.2, 0.25) is 0 Å². The predicted molar refractivity (Wildman–Crippen MR) is 65.2 cm³/mol. The average molecular weight is 222 g/mol. The van der Waals surface area contributed by atoms with E-state index in [1.54, 1.807) is 0 Å². The van der Waals surface area contributed by atoms with Crippen LogP contribution in [-0.2, 0) is 11.3 Å². The van der Waals surface area contributed by atoms with Gasteiger partial charge in [-0.05, 0) is 30.9 Å². The van der Waals surface area contributed by atoms with Crippen molar-refractivity contribution in [1.82, 2.24) is 4.57 Å². The summed E-state index contributed by atoms with van der Waals surface area (Å²) in [6.07, 6.45) is 9.28. The van der Waals surface area contributed by atoms with Crippen LogP contribution in [0.1, 0.15) is 44.2 Å². The molecule has 0 amide bonds. The first-order valence-corrected chi connectivity index (χ1v) is 6.32. The van der Waals surface area contributed by atoms with E-state index >= 15 is 0 Å². The van der Waals surface area contributed by atoms with Crippen LogP contribution in [0, 0.1) is 0 Å². The van der Waals surface area contributed by atoms with E-state index in [1.807, 2.05) is 0 Å². The summed E-state index contributed by atoms with van der Waals surface area (Å²) in [5.74, 6) is 0. The second-order valence-electron chi connectivity index (χ2n) is 4.67. The van der Waals surface area contributed by atoms with Gasteiger partial charge in [-0.25, -0.2) is 0 Å². The Bertz CT molecular complexity index is 315. The van der Waals surface area contributed by atoms with Gasteiger partial charge >= 0.3 is 0 Å². The maximum Gasteiger partial charge on any atom is 0.0754 e. The summed E-state index contributed by atoms with van der Waals surface area (Å²) in [7, 11) is 0. The Labute approximate surface area is 97.6 Å². The molecule has 2 rings (SSSR count). The van der Waals surface area contributed by atoms with E-state index in [4.69, 9.17) is 10.5 Å². The summed E-state index contributed by atoms with van der Waals surface area (Å²) in [6, 6.07) is 2.32. The smallest absolute Gasteiger partial charge is 0.0754 e. The molecule has 16 heavy (non-hydrogen) atoms. The van der Waals surface area contributed by atoms with Gasteiger partial charge in [0.1, 0.15) is 0 Å². The zero-order chi connectivity index (χ0) is 11.4. The first-order valence-electron chi connectivity index (χ1n) is 6.32. The van der Waals surface area contributed by atoms with Gasteiger partial charge in [-0.3, -0.25) is 0 Å². The standard InChI is InChI=1S/C13H22N2O/c1-2-4-13(14)11-6-7-15(9-11)10-12-5-3-8-16-12/h6-7,9,12-13H,2-5,8,10,14H2,1H3. The van der Waals surface area contributed by atoms with Crippen molar-refractivity contribution in [1.29, 1.82) is 0 Å². The van der Waals surface area contributed by atoms with Crippen molar-refractivity contribution in [2.45, 2.75) is 51.3 Å². The molecule has 3 nitrogen and oxygen atoms in total. The molecule has 2 atom stereocenters. The molecule has 0 aliphatic carbocycles. The highest BCUT2D eigenvalue weighted by atomic mass is 16.5. The lowest BCUT2D eigenvalue weighted by molar-refractivity contribution is 0.0971. The van der Waals surface area contributed by atoms with Gasteiger partial charge in [0.25, 0.3) is 0 Å². The number of aromatic nitrogens is 1. The lowest BCUT2D eigenvalue weighted by atomic mass is 10.1. The van der Waals surface area contributed by atoms with Crippen LogP contribution in [0.3, 0.4) is 0 Å². The fraction of sp³-hybridized carbons (Fsp3) is 0.692. The van der Waals surface area contributed by atoms with Crippen LogP contribution in [0.4, 0.5) is 0 Å². The second kappa shape index (κ2) is 5.51. The van der Waals surface area contributed by atoms with Gasteiger partial charge in [0.05, 0.1) is 6.10 Å². The van der Waals surface area contributed by atoms with Crippen LogP contribution in [0.5, 0.6) is 0 Å². The molecule has 1 fully saturated rings. The Morgan fingerprint density at radius 3 is 3.19 bits per heavy atom. The highest BCUT2D eigenvalue weighted by molar-refractivity contribution is 5.14. The summed E-state index contributed by atoms with van der Waals surface area (Å²) in [4.78, 5) is 0. The average Bonchev–Trinajstić information content (AvgIpc) is 2.90. The van der Waals surface area contributed by atoms with Crippen molar-refractivity contribution in [3.63, 3.8) is 0 Å². The minimum atomic E-state index is 0.191. The van der Waals surface area contributed by atoms with E-state index in [1.165, 1.54) is 18.4 Å². The molecule has 1 aliphatic rings. The van der Waals surface area contributed by atoms with Gasteiger partial charge < -0.3 is 15.0 Å². The zero-order valence-corrected chi connectivity index (χ0v) is 10.1. The number of nitrogens with zero attached hydrogens (tertiary/aromatic N) is 1. The lowest BCUT2D eigenvalue weighted by Gasteiger charge is -2.11. The number of ether oxygens (including phenoxy) is 1. The highest BCUT2D eigenvalue weighted by Gasteiger charge is 2.16. The van der Waals surface area contributed by atoms with E-state index in [0.29, 0.717) is 6.10 Å². The van der Waals surface area contributed by atoms with Crippen LogP contribution < -0.4 is 5.73 Å². The summed E-state index contributed by atoms with van der Waals surface area (Å²) in [5, 5.41) is 0. The summed E-state index contributed by atoms with van der Waals surface area (Å²) in [6.45, 7) is 4.07.